The van der Waals surface area contributed by atoms with Crippen molar-refractivity contribution in [3.63, 3.8) is 0 Å². The summed E-state index contributed by atoms with van der Waals surface area (Å²) in [6, 6.07) is 12.3. The molecule has 0 bridgehead atoms. The van der Waals surface area contributed by atoms with Crippen molar-refractivity contribution in [1.82, 2.24) is 19.9 Å². The number of rotatable bonds is 7. The minimum Gasteiger partial charge on any atom is -0.381 e. The number of fused-ring (bicyclic) bond motifs is 1. The van der Waals surface area contributed by atoms with Crippen molar-refractivity contribution >= 4 is 16.8 Å². The normalized spacial score (nSPS) is 14.3. The second kappa shape index (κ2) is 10.5. The molecule has 3 aromatic heterocycles. The minimum atomic E-state index is -0.196. The first-order valence-electron chi connectivity index (χ1n) is 12.7. The average molecular weight is 485 g/mol. The Balaban J connectivity index is 1.53. The number of nitrogens with zero attached hydrogens (tertiary/aromatic N) is 2. The van der Waals surface area contributed by atoms with Gasteiger partial charge in [-0.1, -0.05) is 19.4 Å². The summed E-state index contributed by atoms with van der Waals surface area (Å²) < 4.78 is 7.85. The van der Waals surface area contributed by atoms with Crippen LogP contribution in [0.3, 0.4) is 0 Å². The van der Waals surface area contributed by atoms with Gasteiger partial charge in [0.05, 0.1) is 0 Å². The molecule has 4 heterocycles. The predicted molar refractivity (Wildman–Crippen MR) is 141 cm³/mol. The van der Waals surface area contributed by atoms with Gasteiger partial charge in [0.1, 0.15) is 0 Å². The van der Waals surface area contributed by atoms with Gasteiger partial charge in [-0.3, -0.25) is 14.6 Å². The summed E-state index contributed by atoms with van der Waals surface area (Å²) in [6.07, 6.45) is 9.25. The van der Waals surface area contributed by atoms with Crippen LogP contribution in [-0.4, -0.2) is 33.7 Å². The molecule has 2 N–H and O–H groups in total. The number of H-pyrrole nitrogens is 1. The average Bonchev–Trinajstić information content (AvgIpc) is 3.33. The maximum Gasteiger partial charge on any atom is 0.253 e. The van der Waals surface area contributed by atoms with Gasteiger partial charge in [0.25, 0.3) is 11.5 Å². The molecule has 0 unspecified atom stereocenters. The highest BCUT2D eigenvalue weighted by Gasteiger charge is 2.21. The van der Waals surface area contributed by atoms with Crippen LogP contribution in [0.2, 0.25) is 0 Å². The Kier molecular flexibility index (Phi) is 7.00. The number of pyridine rings is 2. The first kappa shape index (κ1) is 24.0. The van der Waals surface area contributed by atoms with Crippen molar-refractivity contribution in [2.45, 2.75) is 52.1 Å². The quantitative estimate of drug-likeness (QED) is 0.389. The summed E-state index contributed by atoms with van der Waals surface area (Å²) in [6.45, 7) is 5.63. The van der Waals surface area contributed by atoms with Crippen molar-refractivity contribution in [2.24, 2.45) is 0 Å². The molecule has 0 saturated carbocycles. The van der Waals surface area contributed by atoms with E-state index in [4.69, 9.17) is 4.74 Å². The zero-order valence-electron chi connectivity index (χ0n) is 20.8. The topological polar surface area (TPSA) is 89.0 Å². The van der Waals surface area contributed by atoms with E-state index >= 15 is 0 Å². The van der Waals surface area contributed by atoms with Crippen molar-refractivity contribution in [3.8, 4) is 11.1 Å². The summed E-state index contributed by atoms with van der Waals surface area (Å²) in [5, 5.41) is 3.93. The van der Waals surface area contributed by atoms with Crippen molar-refractivity contribution in [1.29, 1.82) is 0 Å². The summed E-state index contributed by atoms with van der Waals surface area (Å²) >= 11 is 0. The van der Waals surface area contributed by atoms with Gasteiger partial charge in [-0.05, 0) is 67.6 Å². The van der Waals surface area contributed by atoms with Crippen LogP contribution in [0.25, 0.3) is 22.0 Å². The monoisotopic (exact) mass is 484 g/mol. The Morgan fingerprint density at radius 1 is 1.19 bits per heavy atom. The molecular formula is C29H32N4O3. The number of carbonyl (C=O) groups excluding carboxylic acids is 1. The molecule has 7 heteroatoms. The number of hydrogen-bond donors (Lipinski definition) is 2. The third-order valence-electron chi connectivity index (χ3n) is 6.97. The highest BCUT2D eigenvalue weighted by Crippen LogP contribution is 2.32. The standard InChI is InChI=1S/C29H32N4O3/c1-3-5-20-14-19(2)32-29(35)26(20)18-31-28(34)25-15-22(21-6-4-10-30-17-21)16-27-24(25)7-11-33(27)23-8-12-36-13-9-23/h4,6-7,10-11,14-17,23H,3,5,8-9,12-13,18H2,1-2H3,(H,31,34)(H,32,35). The van der Waals surface area contributed by atoms with Crippen molar-refractivity contribution in [3.05, 3.63) is 87.7 Å². The summed E-state index contributed by atoms with van der Waals surface area (Å²) in [7, 11) is 0. The van der Waals surface area contributed by atoms with Gasteiger partial charge in [-0.15, -0.1) is 0 Å². The van der Waals surface area contributed by atoms with Crippen LogP contribution in [0, 0.1) is 6.92 Å². The fraction of sp³-hybridized carbons (Fsp3) is 0.345. The predicted octanol–water partition coefficient (Wildman–Crippen LogP) is 4.93. The Morgan fingerprint density at radius 2 is 2.03 bits per heavy atom. The summed E-state index contributed by atoms with van der Waals surface area (Å²) in [5.41, 5.74) is 5.80. The van der Waals surface area contributed by atoms with E-state index in [1.54, 1.807) is 6.20 Å². The van der Waals surface area contributed by atoms with E-state index in [0.717, 1.165) is 72.2 Å². The van der Waals surface area contributed by atoms with Gasteiger partial charge in [0, 0.05) is 77.7 Å². The molecule has 36 heavy (non-hydrogen) atoms. The van der Waals surface area contributed by atoms with Gasteiger partial charge in [0.15, 0.2) is 0 Å². The fourth-order valence-corrected chi connectivity index (χ4v) is 5.17. The molecule has 7 nitrogen and oxygen atoms in total. The second-order valence-corrected chi connectivity index (χ2v) is 9.48. The summed E-state index contributed by atoms with van der Waals surface area (Å²) in [4.78, 5) is 33.4. The Morgan fingerprint density at radius 3 is 2.78 bits per heavy atom. The third kappa shape index (κ3) is 4.84. The lowest BCUT2D eigenvalue weighted by molar-refractivity contribution is 0.0707. The SMILES string of the molecule is CCCc1cc(C)[nH]c(=O)c1CNC(=O)c1cc(-c2cccnc2)cc2c1ccn2C1CCOCC1. The number of benzene rings is 1. The van der Waals surface area contributed by atoms with E-state index in [1.807, 2.05) is 43.5 Å². The number of carbonyl (C=O) groups is 1. The minimum absolute atomic E-state index is 0.140. The molecule has 5 rings (SSSR count). The maximum atomic E-state index is 13.6. The number of nitrogens with one attached hydrogen (secondary N) is 2. The van der Waals surface area contributed by atoms with E-state index in [1.165, 1.54) is 0 Å². The lowest BCUT2D eigenvalue weighted by Gasteiger charge is -2.25. The zero-order valence-corrected chi connectivity index (χ0v) is 20.8. The van der Waals surface area contributed by atoms with Gasteiger partial charge in [-0.2, -0.15) is 0 Å². The van der Waals surface area contributed by atoms with Crippen molar-refractivity contribution in [2.75, 3.05) is 13.2 Å². The van der Waals surface area contributed by atoms with Crippen molar-refractivity contribution < 1.29 is 9.53 Å². The Bertz CT molecular complexity index is 1430. The molecule has 4 aromatic rings. The van der Waals surface area contributed by atoms with Crippen LogP contribution in [-0.2, 0) is 17.7 Å². The molecule has 1 saturated heterocycles. The zero-order chi connectivity index (χ0) is 25.1. The molecular weight excluding hydrogens is 452 g/mol. The second-order valence-electron chi connectivity index (χ2n) is 9.48. The highest BCUT2D eigenvalue weighted by atomic mass is 16.5. The van der Waals surface area contributed by atoms with Crippen LogP contribution in [0.4, 0.5) is 0 Å². The van der Waals surface area contributed by atoms with Crippen LogP contribution >= 0.6 is 0 Å². The number of ether oxygens (including phenoxy) is 1. The van der Waals surface area contributed by atoms with E-state index < -0.39 is 0 Å². The van der Waals surface area contributed by atoms with Gasteiger partial charge < -0.3 is 19.6 Å². The largest absolute Gasteiger partial charge is 0.381 e. The van der Waals surface area contributed by atoms with Crippen LogP contribution in [0.1, 0.15) is 59.4 Å². The molecule has 0 spiro atoms. The van der Waals surface area contributed by atoms with E-state index in [0.29, 0.717) is 17.2 Å². The lowest BCUT2D eigenvalue weighted by atomic mass is 10.00. The van der Waals surface area contributed by atoms with Crippen LogP contribution in [0.15, 0.2) is 59.8 Å². The molecule has 186 valence electrons. The number of hydrogen-bond acceptors (Lipinski definition) is 4. The van der Waals surface area contributed by atoms with E-state index in [-0.39, 0.29) is 18.0 Å². The van der Waals surface area contributed by atoms with Crippen LogP contribution < -0.4 is 10.9 Å². The molecule has 0 atom stereocenters. The van der Waals surface area contributed by atoms with Gasteiger partial charge in [-0.25, -0.2) is 0 Å². The third-order valence-corrected chi connectivity index (χ3v) is 6.97. The first-order valence-corrected chi connectivity index (χ1v) is 12.7. The molecule has 1 amide bonds. The van der Waals surface area contributed by atoms with E-state index in [9.17, 15) is 9.59 Å². The fourth-order valence-electron chi connectivity index (χ4n) is 5.17. The highest BCUT2D eigenvalue weighted by molar-refractivity contribution is 6.08. The Labute approximate surface area is 210 Å². The van der Waals surface area contributed by atoms with Gasteiger partial charge in [0.2, 0.25) is 0 Å². The number of amides is 1. The molecule has 1 aliphatic rings. The molecule has 0 aliphatic carbocycles. The molecule has 1 aliphatic heterocycles. The first-order chi connectivity index (χ1) is 17.5. The maximum absolute atomic E-state index is 13.6. The molecule has 0 radical (unpaired) electrons. The van der Waals surface area contributed by atoms with Crippen LogP contribution in [0.5, 0.6) is 0 Å². The lowest BCUT2D eigenvalue weighted by Crippen LogP contribution is -2.28. The number of aromatic nitrogens is 3. The smallest absolute Gasteiger partial charge is 0.253 e. The number of aromatic amines is 1. The summed E-state index contributed by atoms with van der Waals surface area (Å²) in [5.74, 6) is -0.196. The molecule has 1 fully saturated rings. The van der Waals surface area contributed by atoms with E-state index in [2.05, 4.69) is 39.0 Å². The number of aryl methyl sites for hydroxylation is 2. The van der Waals surface area contributed by atoms with Gasteiger partial charge >= 0.3 is 0 Å². The Hall–Kier alpha value is -3.71. The molecule has 1 aromatic carbocycles.